The Morgan fingerprint density at radius 3 is 1.71 bits per heavy atom. The van der Waals surface area contributed by atoms with Gasteiger partial charge in [-0.2, -0.15) is 0 Å². The van der Waals surface area contributed by atoms with E-state index >= 15 is 0 Å². The summed E-state index contributed by atoms with van der Waals surface area (Å²) in [6.07, 6.45) is 0. The number of hydrogen-bond acceptors (Lipinski definition) is 4. The van der Waals surface area contributed by atoms with Gasteiger partial charge in [-0.05, 0) is 62.3 Å². The Morgan fingerprint density at radius 1 is 0.327 bits per heavy atom. The molecule has 10 rings (SSSR count). The van der Waals surface area contributed by atoms with Crippen LogP contribution in [0.15, 0.2) is 168 Å². The molecule has 0 radical (unpaired) electrons. The van der Waals surface area contributed by atoms with Crippen molar-refractivity contribution in [3.8, 4) is 45.3 Å². The molecule has 0 saturated carbocycles. The average Bonchev–Trinajstić information content (AvgIpc) is 3.55. The van der Waals surface area contributed by atoms with Crippen molar-refractivity contribution in [1.82, 2.24) is 15.0 Å². The third-order valence-electron chi connectivity index (χ3n) is 9.52. The van der Waals surface area contributed by atoms with Crippen LogP contribution in [0.2, 0.25) is 0 Å². The maximum atomic E-state index is 6.14. The van der Waals surface area contributed by atoms with Crippen LogP contribution in [0, 0.1) is 0 Å². The number of rotatable bonds is 4. The quantitative estimate of drug-likeness (QED) is 0.183. The fourth-order valence-electron chi connectivity index (χ4n) is 7.14. The Labute approximate surface area is 282 Å². The average molecular weight is 626 g/mol. The van der Waals surface area contributed by atoms with Crippen LogP contribution >= 0.6 is 0 Å². The van der Waals surface area contributed by atoms with Gasteiger partial charge in [0.1, 0.15) is 11.2 Å². The first kappa shape index (κ1) is 27.5. The van der Waals surface area contributed by atoms with E-state index in [0.717, 1.165) is 55.0 Å². The van der Waals surface area contributed by atoms with Crippen molar-refractivity contribution < 1.29 is 4.42 Å². The Morgan fingerprint density at radius 2 is 0.878 bits per heavy atom. The number of fused-ring (bicyclic) bond motifs is 7. The highest BCUT2D eigenvalue weighted by molar-refractivity contribution is 6.14. The van der Waals surface area contributed by atoms with E-state index in [9.17, 15) is 0 Å². The fraction of sp³-hybridized carbons (Fsp3) is 0. The lowest BCUT2D eigenvalue weighted by atomic mass is 9.97. The summed E-state index contributed by atoms with van der Waals surface area (Å²) in [6.45, 7) is 0. The zero-order valence-corrected chi connectivity index (χ0v) is 26.3. The van der Waals surface area contributed by atoms with Crippen molar-refractivity contribution in [3.63, 3.8) is 0 Å². The van der Waals surface area contributed by atoms with Gasteiger partial charge >= 0.3 is 0 Å². The first-order valence-corrected chi connectivity index (χ1v) is 16.4. The molecule has 2 aromatic heterocycles. The summed E-state index contributed by atoms with van der Waals surface area (Å²) in [5, 5.41) is 9.18. The van der Waals surface area contributed by atoms with Gasteiger partial charge in [-0.1, -0.05) is 140 Å². The summed E-state index contributed by atoms with van der Waals surface area (Å²) in [5.41, 5.74) is 6.85. The van der Waals surface area contributed by atoms with Crippen molar-refractivity contribution in [2.45, 2.75) is 0 Å². The summed E-state index contributed by atoms with van der Waals surface area (Å²) in [6, 6.07) is 57.0. The molecular weight excluding hydrogens is 599 g/mol. The molecule has 0 fully saturated rings. The largest absolute Gasteiger partial charge is 0.456 e. The van der Waals surface area contributed by atoms with Gasteiger partial charge in [-0.25, -0.2) is 15.0 Å². The number of aromatic nitrogens is 3. The van der Waals surface area contributed by atoms with Gasteiger partial charge in [-0.3, -0.25) is 0 Å². The van der Waals surface area contributed by atoms with Gasteiger partial charge in [0.2, 0.25) is 0 Å². The number of para-hydroxylation sites is 1. The van der Waals surface area contributed by atoms with Crippen LogP contribution < -0.4 is 0 Å². The maximum absolute atomic E-state index is 6.14. The van der Waals surface area contributed by atoms with Gasteiger partial charge < -0.3 is 4.42 Å². The predicted molar refractivity (Wildman–Crippen MR) is 201 cm³/mol. The number of nitrogens with zero attached hydrogens (tertiary/aromatic N) is 3. The Balaban J connectivity index is 1.18. The van der Waals surface area contributed by atoms with E-state index in [2.05, 4.69) is 133 Å². The van der Waals surface area contributed by atoms with Crippen molar-refractivity contribution in [3.05, 3.63) is 164 Å². The van der Waals surface area contributed by atoms with E-state index in [1.54, 1.807) is 0 Å². The molecule has 4 nitrogen and oxygen atoms in total. The molecule has 0 unspecified atom stereocenters. The van der Waals surface area contributed by atoms with Gasteiger partial charge in [0.25, 0.3) is 0 Å². The first-order valence-electron chi connectivity index (χ1n) is 16.4. The van der Waals surface area contributed by atoms with Crippen molar-refractivity contribution in [2.24, 2.45) is 0 Å². The third kappa shape index (κ3) is 4.57. The van der Waals surface area contributed by atoms with Crippen LogP contribution in [-0.2, 0) is 0 Å². The molecule has 0 N–H and O–H groups in total. The van der Waals surface area contributed by atoms with Crippen molar-refractivity contribution in [2.75, 3.05) is 0 Å². The predicted octanol–water partition coefficient (Wildman–Crippen LogP) is 11.9. The lowest BCUT2D eigenvalue weighted by Gasteiger charge is -2.12. The Kier molecular flexibility index (Phi) is 6.15. The van der Waals surface area contributed by atoms with Gasteiger partial charge in [-0.15, -0.1) is 0 Å². The van der Waals surface area contributed by atoms with Gasteiger partial charge in [0, 0.05) is 32.8 Å². The topological polar surface area (TPSA) is 51.8 Å². The Hall–Kier alpha value is -6.65. The molecule has 49 heavy (non-hydrogen) atoms. The molecule has 0 atom stereocenters. The summed E-state index contributed by atoms with van der Waals surface area (Å²) in [5.74, 6) is 1.87. The molecule has 0 aliphatic rings. The van der Waals surface area contributed by atoms with Crippen LogP contribution in [0.25, 0.3) is 99.5 Å². The zero-order chi connectivity index (χ0) is 32.3. The molecule has 228 valence electrons. The SMILES string of the molecule is c1ccc2c(-c3ccc(-c4nc(-c5ccc6oc7ccccc7c6c5)nc(-c5cccc6ccc7ccccc7c56)n4)cc3)cccc2c1. The lowest BCUT2D eigenvalue weighted by Crippen LogP contribution is -2.00. The molecule has 0 aliphatic carbocycles. The second kappa shape index (κ2) is 11.0. The van der Waals surface area contributed by atoms with E-state index in [0.29, 0.717) is 17.5 Å². The van der Waals surface area contributed by atoms with Gasteiger partial charge in [0.15, 0.2) is 17.5 Å². The van der Waals surface area contributed by atoms with Crippen LogP contribution in [0.5, 0.6) is 0 Å². The minimum Gasteiger partial charge on any atom is -0.456 e. The highest BCUT2D eigenvalue weighted by Crippen LogP contribution is 2.37. The van der Waals surface area contributed by atoms with E-state index < -0.39 is 0 Å². The normalized spacial score (nSPS) is 11.7. The highest BCUT2D eigenvalue weighted by Gasteiger charge is 2.17. The van der Waals surface area contributed by atoms with Crippen molar-refractivity contribution in [1.29, 1.82) is 0 Å². The minimum absolute atomic E-state index is 0.613. The van der Waals surface area contributed by atoms with E-state index in [-0.39, 0.29) is 0 Å². The van der Waals surface area contributed by atoms with E-state index in [1.807, 2.05) is 30.3 Å². The van der Waals surface area contributed by atoms with Crippen LogP contribution in [0.4, 0.5) is 0 Å². The smallest absolute Gasteiger partial charge is 0.164 e. The molecule has 0 spiro atoms. The number of hydrogen-bond donors (Lipinski definition) is 0. The van der Waals surface area contributed by atoms with E-state index in [1.165, 1.54) is 27.1 Å². The number of furan rings is 1. The molecule has 2 heterocycles. The summed E-state index contributed by atoms with van der Waals surface area (Å²) < 4.78 is 6.14. The molecule has 8 aromatic carbocycles. The standard InChI is InChI=1S/C45H27N3O/c1-3-13-34-28(9-1)11-7-16-35(34)30-20-23-32(24-21-30)43-46-44(33-25-26-41-39(27-33)37-15-5-6-18-40(37)49-41)48-45(47-43)38-17-8-12-31-22-19-29-10-2-4-14-36(29)42(31)38/h1-27H. The molecule has 0 saturated heterocycles. The summed E-state index contributed by atoms with van der Waals surface area (Å²) >= 11 is 0. The van der Waals surface area contributed by atoms with Crippen LogP contribution in [0.1, 0.15) is 0 Å². The monoisotopic (exact) mass is 625 g/mol. The summed E-state index contributed by atoms with van der Waals surface area (Å²) in [4.78, 5) is 15.5. The van der Waals surface area contributed by atoms with Gasteiger partial charge in [0.05, 0.1) is 0 Å². The molecule has 10 aromatic rings. The second-order valence-electron chi connectivity index (χ2n) is 12.4. The molecular formula is C45H27N3O. The Bertz CT molecular complexity index is 2880. The highest BCUT2D eigenvalue weighted by atomic mass is 16.3. The fourth-order valence-corrected chi connectivity index (χ4v) is 7.14. The third-order valence-corrected chi connectivity index (χ3v) is 9.52. The first-order chi connectivity index (χ1) is 24.3. The zero-order valence-electron chi connectivity index (χ0n) is 26.3. The maximum Gasteiger partial charge on any atom is 0.164 e. The lowest BCUT2D eigenvalue weighted by molar-refractivity contribution is 0.669. The van der Waals surface area contributed by atoms with Crippen molar-refractivity contribution >= 4 is 54.3 Å². The molecule has 0 amide bonds. The minimum atomic E-state index is 0.613. The molecule has 4 heteroatoms. The number of benzene rings is 8. The van der Waals surface area contributed by atoms with Crippen LogP contribution in [0.3, 0.4) is 0 Å². The molecule has 0 bridgehead atoms. The second-order valence-corrected chi connectivity index (χ2v) is 12.4. The summed E-state index contributed by atoms with van der Waals surface area (Å²) in [7, 11) is 0. The van der Waals surface area contributed by atoms with E-state index in [4.69, 9.17) is 19.4 Å². The molecule has 0 aliphatic heterocycles. The van der Waals surface area contributed by atoms with Crippen LogP contribution in [-0.4, -0.2) is 15.0 Å².